The second-order valence-corrected chi connectivity index (χ2v) is 6.71. The van der Waals surface area contributed by atoms with Crippen molar-refractivity contribution in [2.24, 2.45) is 7.05 Å². The predicted molar refractivity (Wildman–Crippen MR) is 102 cm³/mol. The lowest BCUT2D eigenvalue weighted by Gasteiger charge is -2.11. The van der Waals surface area contributed by atoms with Crippen molar-refractivity contribution < 1.29 is 4.79 Å². The maximum absolute atomic E-state index is 12.7. The van der Waals surface area contributed by atoms with Gasteiger partial charge >= 0.3 is 0 Å². The highest BCUT2D eigenvalue weighted by Gasteiger charge is 2.14. The van der Waals surface area contributed by atoms with E-state index in [2.05, 4.69) is 46.8 Å². The average Bonchev–Trinajstić information content (AvgIpc) is 2.93. The van der Waals surface area contributed by atoms with Crippen molar-refractivity contribution in [1.82, 2.24) is 9.55 Å². The maximum Gasteiger partial charge on any atom is 0.163 e. The van der Waals surface area contributed by atoms with Crippen LogP contribution in [0.3, 0.4) is 0 Å². The van der Waals surface area contributed by atoms with Crippen LogP contribution in [0.25, 0.3) is 11.3 Å². The number of ketones is 1. The molecule has 0 aliphatic rings. The lowest BCUT2D eigenvalue weighted by molar-refractivity contribution is 0.0981. The summed E-state index contributed by atoms with van der Waals surface area (Å²) in [6, 6.07) is 12.4. The molecule has 0 spiro atoms. The quantitative estimate of drug-likeness (QED) is 0.627. The van der Waals surface area contributed by atoms with Crippen LogP contribution in [0.4, 0.5) is 0 Å². The smallest absolute Gasteiger partial charge is 0.163 e. The van der Waals surface area contributed by atoms with E-state index in [0.29, 0.717) is 6.42 Å². The Morgan fingerprint density at radius 3 is 2.44 bits per heavy atom. The highest BCUT2D eigenvalue weighted by Crippen LogP contribution is 2.23. The molecule has 2 aromatic heterocycles. The molecule has 25 heavy (non-hydrogen) atoms. The monoisotopic (exact) mass is 332 g/mol. The molecule has 0 amide bonds. The summed E-state index contributed by atoms with van der Waals surface area (Å²) >= 11 is 0. The van der Waals surface area contributed by atoms with Crippen molar-refractivity contribution in [3.63, 3.8) is 0 Å². The van der Waals surface area contributed by atoms with Gasteiger partial charge in [-0.1, -0.05) is 17.7 Å². The summed E-state index contributed by atoms with van der Waals surface area (Å²) in [6.45, 7) is 6.12. The van der Waals surface area contributed by atoms with Gasteiger partial charge in [0, 0.05) is 48.4 Å². The van der Waals surface area contributed by atoms with Crippen LogP contribution >= 0.6 is 0 Å². The number of aryl methyl sites for hydroxylation is 4. The zero-order valence-electron chi connectivity index (χ0n) is 15.3. The van der Waals surface area contributed by atoms with Crippen molar-refractivity contribution in [3.05, 3.63) is 76.7 Å². The number of pyridine rings is 1. The van der Waals surface area contributed by atoms with Gasteiger partial charge in [-0.3, -0.25) is 9.78 Å². The molecule has 3 aromatic rings. The fourth-order valence-corrected chi connectivity index (χ4v) is 3.60. The molecule has 0 radical (unpaired) electrons. The van der Waals surface area contributed by atoms with Crippen molar-refractivity contribution in [1.29, 1.82) is 0 Å². The summed E-state index contributed by atoms with van der Waals surface area (Å²) in [5.74, 6) is 0.221. The maximum atomic E-state index is 12.7. The number of benzene rings is 1. The Labute approximate surface area is 149 Å². The first-order chi connectivity index (χ1) is 12.0. The minimum Gasteiger partial charge on any atom is -0.348 e. The van der Waals surface area contributed by atoms with Gasteiger partial charge in [0.1, 0.15) is 0 Å². The number of carbonyl (C=O) groups is 1. The van der Waals surface area contributed by atoms with Gasteiger partial charge in [0.05, 0.1) is 0 Å². The molecule has 0 unspecified atom stereocenters. The number of Topliss-reactive ketones (excluding diaryl/α,β-unsaturated/α-hetero) is 1. The molecule has 128 valence electrons. The van der Waals surface area contributed by atoms with Gasteiger partial charge in [0.15, 0.2) is 5.78 Å². The third kappa shape index (κ3) is 3.55. The van der Waals surface area contributed by atoms with Crippen molar-refractivity contribution in [2.45, 2.75) is 33.6 Å². The van der Waals surface area contributed by atoms with Crippen LogP contribution in [0.1, 0.15) is 39.2 Å². The van der Waals surface area contributed by atoms with E-state index in [9.17, 15) is 4.79 Å². The molecular weight excluding hydrogens is 308 g/mol. The minimum atomic E-state index is 0.221. The predicted octanol–water partition coefficient (Wildman–Crippen LogP) is 4.83. The molecule has 0 saturated carbocycles. The standard InChI is InChI=1S/C22H24N2O/c1-15-12-16(2)22(17(3)13-15)21(25)10-8-19-7-9-20(24(19)4)18-6-5-11-23-14-18/h5-7,9,11-14H,8,10H2,1-4H3. The zero-order chi connectivity index (χ0) is 18.0. The fraction of sp³-hybridized carbons (Fsp3) is 0.273. The molecule has 0 N–H and O–H groups in total. The first-order valence-corrected chi connectivity index (χ1v) is 8.63. The summed E-state index contributed by atoms with van der Waals surface area (Å²) < 4.78 is 2.15. The number of hydrogen-bond acceptors (Lipinski definition) is 2. The van der Waals surface area contributed by atoms with Gasteiger partial charge < -0.3 is 4.57 Å². The van der Waals surface area contributed by atoms with Gasteiger partial charge in [0.25, 0.3) is 0 Å². The number of nitrogens with zero attached hydrogens (tertiary/aromatic N) is 2. The molecule has 0 aliphatic carbocycles. The molecule has 3 rings (SSSR count). The van der Waals surface area contributed by atoms with Crippen LogP contribution in [-0.4, -0.2) is 15.3 Å². The van der Waals surface area contributed by atoms with Crippen LogP contribution in [0.15, 0.2) is 48.8 Å². The van der Waals surface area contributed by atoms with E-state index in [1.807, 2.05) is 33.2 Å². The Balaban J connectivity index is 1.77. The fourth-order valence-electron chi connectivity index (χ4n) is 3.60. The zero-order valence-corrected chi connectivity index (χ0v) is 15.3. The molecule has 0 saturated heterocycles. The van der Waals surface area contributed by atoms with E-state index in [1.54, 1.807) is 6.20 Å². The SMILES string of the molecule is Cc1cc(C)c(C(=O)CCc2ccc(-c3cccnc3)n2C)c(C)c1. The van der Waals surface area contributed by atoms with Gasteiger partial charge in [-0.15, -0.1) is 0 Å². The van der Waals surface area contributed by atoms with E-state index in [4.69, 9.17) is 0 Å². The lowest BCUT2D eigenvalue weighted by Crippen LogP contribution is -2.08. The van der Waals surface area contributed by atoms with Gasteiger partial charge in [-0.2, -0.15) is 0 Å². The summed E-state index contributed by atoms with van der Waals surface area (Å²) in [5, 5.41) is 0. The van der Waals surface area contributed by atoms with Crippen LogP contribution in [0.5, 0.6) is 0 Å². The third-order valence-corrected chi connectivity index (χ3v) is 4.75. The summed E-state index contributed by atoms with van der Waals surface area (Å²) in [4.78, 5) is 16.9. The Morgan fingerprint density at radius 2 is 1.80 bits per heavy atom. The van der Waals surface area contributed by atoms with Gasteiger partial charge in [0.2, 0.25) is 0 Å². The second kappa shape index (κ2) is 7.06. The lowest BCUT2D eigenvalue weighted by atomic mass is 9.94. The number of rotatable bonds is 5. The Morgan fingerprint density at radius 1 is 1.08 bits per heavy atom. The largest absolute Gasteiger partial charge is 0.348 e. The summed E-state index contributed by atoms with van der Waals surface area (Å²) in [6.07, 6.45) is 4.90. The minimum absolute atomic E-state index is 0.221. The summed E-state index contributed by atoms with van der Waals surface area (Å²) in [7, 11) is 2.05. The number of aromatic nitrogens is 2. The molecule has 2 heterocycles. The number of hydrogen-bond donors (Lipinski definition) is 0. The van der Waals surface area contributed by atoms with E-state index < -0.39 is 0 Å². The topological polar surface area (TPSA) is 34.9 Å². The first-order valence-electron chi connectivity index (χ1n) is 8.63. The second-order valence-electron chi connectivity index (χ2n) is 6.71. The van der Waals surface area contributed by atoms with E-state index in [1.165, 1.54) is 5.56 Å². The van der Waals surface area contributed by atoms with E-state index in [0.717, 1.165) is 40.1 Å². The van der Waals surface area contributed by atoms with Crippen molar-refractivity contribution >= 4 is 5.78 Å². The normalized spacial score (nSPS) is 10.9. The molecule has 3 heteroatoms. The molecule has 0 fully saturated rings. The average molecular weight is 332 g/mol. The van der Waals surface area contributed by atoms with Crippen LogP contribution < -0.4 is 0 Å². The van der Waals surface area contributed by atoms with Crippen molar-refractivity contribution in [3.8, 4) is 11.3 Å². The molecule has 0 bridgehead atoms. The van der Waals surface area contributed by atoms with Crippen LogP contribution in [0.2, 0.25) is 0 Å². The number of carbonyl (C=O) groups excluding carboxylic acids is 1. The van der Waals surface area contributed by atoms with Crippen molar-refractivity contribution in [2.75, 3.05) is 0 Å². The van der Waals surface area contributed by atoms with Crippen LogP contribution in [0, 0.1) is 20.8 Å². The van der Waals surface area contributed by atoms with E-state index >= 15 is 0 Å². The molecule has 1 aromatic carbocycles. The van der Waals surface area contributed by atoms with Crippen LogP contribution in [-0.2, 0) is 13.5 Å². The highest BCUT2D eigenvalue weighted by molar-refractivity contribution is 5.99. The third-order valence-electron chi connectivity index (χ3n) is 4.75. The summed E-state index contributed by atoms with van der Waals surface area (Å²) in [5.41, 5.74) is 7.61. The van der Waals surface area contributed by atoms with E-state index in [-0.39, 0.29) is 5.78 Å². The van der Waals surface area contributed by atoms with Gasteiger partial charge in [-0.05, 0) is 62.6 Å². The molecule has 3 nitrogen and oxygen atoms in total. The molecule has 0 aliphatic heterocycles. The van der Waals surface area contributed by atoms with Gasteiger partial charge in [-0.25, -0.2) is 0 Å². The first kappa shape index (κ1) is 17.2. The Hall–Kier alpha value is -2.68. The Bertz CT molecular complexity index is 884. The molecular formula is C22H24N2O. The molecule has 0 atom stereocenters. The highest BCUT2D eigenvalue weighted by atomic mass is 16.1. The Kier molecular flexibility index (Phi) is 4.84.